The Morgan fingerprint density at radius 3 is 2.10 bits per heavy atom. The van der Waals surface area contributed by atoms with Gasteiger partial charge in [0.05, 0.1) is 10.7 Å². The monoisotopic (exact) mass is 463 g/mol. The lowest BCUT2D eigenvalue weighted by atomic mass is 10.2. The molecule has 0 bridgehead atoms. The first-order valence-corrected chi connectivity index (χ1v) is 10.8. The van der Waals surface area contributed by atoms with Gasteiger partial charge in [0.25, 0.3) is 0 Å². The van der Waals surface area contributed by atoms with Crippen molar-refractivity contribution in [3.63, 3.8) is 0 Å². The van der Waals surface area contributed by atoms with Gasteiger partial charge in [0, 0.05) is 27.1 Å². The zero-order valence-corrected chi connectivity index (χ0v) is 20.0. The fraction of sp³-hybridized carbons (Fsp3) is 0.391. The lowest BCUT2D eigenvalue weighted by Gasteiger charge is -2.27. The molecule has 0 aliphatic heterocycles. The zero-order valence-electron chi connectivity index (χ0n) is 18.4. The molecule has 1 rings (SSSR count). The molecule has 0 N–H and O–H groups in total. The van der Waals surface area contributed by atoms with Crippen LogP contribution in [-0.2, 0) is 0 Å². The van der Waals surface area contributed by atoms with E-state index in [9.17, 15) is 17.6 Å². The van der Waals surface area contributed by atoms with E-state index in [4.69, 9.17) is 11.6 Å². The molecular formula is C23H30ClF4NS. The molecule has 0 saturated carbocycles. The molecule has 0 saturated heterocycles. The molecule has 168 valence electrons. The van der Waals surface area contributed by atoms with Crippen LogP contribution < -0.4 is 4.90 Å². The Labute approximate surface area is 187 Å². The first-order valence-electron chi connectivity index (χ1n) is 9.50. The van der Waals surface area contributed by atoms with Crippen LogP contribution in [0.3, 0.4) is 0 Å². The third-order valence-electron chi connectivity index (χ3n) is 3.93. The summed E-state index contributed by atoms with van der Waals surface area (Å²) in [5, 5.41) is 0.296. The van der Waals surface area contributed by atoms with E-state index in [0.717, 1.165) is 31.1 Å². The molecule has 0 fully saturated rings. The van der Waals surface area contributed by atoms with E-state index in [0.29, 0.717) is 10.6 Å². The van der Waals surface area contributed by atoms with Crippen molar-refractivity contribution >= 4 is 29.1 Å². The summed E-state index contributed by atoms with van der Waals surface area (Å²) in [6, 6.07) is 2.65. The number of halogens is 5. The maximum absolute atomic E-state index is 14.7. The van der Waals surface area contributed by atoms with Crippen LogP contribution in [0.15, 0.2) is 65.4 Å². The van der Waals surface area contributed by atoms with Crippen LogP contribution in [0.2, 0.25) is 5.02 Å². The predicted octanol–water partition coefficient (Wildman–Crippen LogP) is 9.31. The zero-order chi connectivity index (χ0) is 23.8. The van der Waals surface area contributed by atoms with E-state index in [1.165, 1.54) is 22.7 Å². The Hall–Kier alpha value is -1.66. The maximum Gasteiger partial charge on any atom is 0.412 e. The summed E-state index contributed by atoms with van der Waals surface area (Å²) in [6.45, 7) is 21.8. The van der Waals surface area contributed by atoms with Gasteiger partial charge in [-0.2, -0.15) is 13.2 Å². The SMILES string of the molecule is C=C(C)C(CC)Sc1cc(N(C(=C)C)C(=C)/C=C(\C)C(F)(F)F)c(F)cc1Cl.CC. The molecule has 0 radical (unpaired) electrons. The Morgan fingerprint density at radius 1 is 1.17 bits per heavy atom. The van der Waals surface area contributed by atoms with Crippen LogP contribution in [0.1, 0.15) is 48.0 Å². The second-order valence-corrected chi connectivity index (χ2v) is 8.13. The third kappa shape index (κ3) is 7.88. The standard InChI is InChI=1S/C21H24ClF4NS.C2H6/c1-8-19(12(2)3)28-20-11-18(17(23)10-16(20)22)27(13(4)5)15(7)9-14(6)21(24,25)26;1-2/h9-11,19H,2,4,7-8H2,1,3,5-6H3;1-2H3/b14-9+;. The van der Waals surface area contributed by atoms with Crippen molar-refractivity contribution < 1.29 is 17.6 Å². The molecule has 0 heterocycles. The summed E-state index contributed by atoms with van der Waals surface area (Å²) in [5.74, 6) is -0.681. The number of benzene rings is 1. The molecule has 1 aromatic carbocycles. The van der Waals surface area contributed by atoms with Crippen LogP contribution in [-0.4, -0.2) is 11.4 Å². The molecule has 30 heavy (non-hydrogen) atoms. The highest BCUT2D eigenvalue weighted by Crippen LogP contribution is 2.40. The fourth-order valence-corrected chi connectivity index (χ4v) is 3.78. The van der Waals surface area contributed by atoms with E-state index in [1.54, 1.807) is 6.92 Å². The molecule has 0 aliphatic rings. The van der Waals surface area contributed by atoms with Gasteiger partial charge in [-0.05, 0) is 45.4 Å². The van der Waals surface area contributed by atoms with Crippen molar-refractivity contribution in [3.8, 4) is 0 Å². The normalized spacial score (nSPS) is 12.6. The molecule has 1 nitrogen and oxygen atoms in total. The fourth-order valence-electron chi connectivity index (χ4n) is 2.47. The van der Waals surface area contributed by atoms with Crippen LogP contribution in [0.5, 0.6) is 0 Å². The second-order valence-electron chi connectivity index (χ2n) is 6.48. The van der Waals surface area contributed by atoms with Gasteiger partial charge in [-0.3, -0.25) is 0 Å². The molecule has 0 aromatic heterocycles. The third-order valence-corrected chi connectivity index (χ3v) is 5.97. The predicted molar refractivity (Wildman–Crippen MR) is 124 cm³/mol. The number of thioether (sulfide) groups is 1. The molecule has 1 atom stereocenters. The molecule has 0 spiro atoms. The number of allylic oxidation sites excluding steroid dienone is 3. The average molecular weight is 464 g/mol. The van der Waals surface area contributed by atoms with Crippen LogP contribution in [0, 0.1) is 5.82 Å². The van der Waals surface area contributed by atoms with E-state index in [1.807, 2.05) is 27.7 Å². The number of rotatable bonds is 8. The topological polar surface area (TPSA) is 3.24 Å². The van der Waals surface area contributed by atoms with Gasteiger partial charge in [0.1, 0.15) is 5.82 Å². The molecule has 1 unspecified atom stereocenters. The minimum absolute atomic E-state index is 0.0344. The first-order chi connectivity index (χ1) is 13.8. The summed E-state index contributed by atoms with van der Waals surface area (Å²) >= 11 is 7.63. The van der Waals surface area contributed by atoms with Gasteiger partial charge in [-0.15, -0.1) is 11.8 Å². The molecule has 0 aliphatic carbocycles. The van der Waals surface area contributed by atoms with Crippen LogP contribution in [0.25, 0.3) is 0 Å². The highest BCUT2D eigenvalue weighted by Gasteiger charge is 2.30. The van der Waals surface area contributed by atoms with Crippen molar-refractivity contribution in [1.82, 2.24) is 0 Å². The Balaban J connectivity index is 0.00000407. The number of nitrogens with zero attached hydrogens (tertiary/aromatic N) is 1. The van der Waals surface area contributed by atoms with Crippen molar-refractivity contribution in [2.45, 2.75) is 64.3 Å². The van der Waals surface area contributed by atoms with Gasteiger partial charge < -0.3 is 4.90 Å². The van der Waals surface area contributed by atoms with Gasteiger partial charge in [-0.1, -0.05) is 57.7 Å². The minimum atomic E-state index is -4.50. The van der Waals surface area contributed by atoms with Crippen molar-refractivity contribution in [2.75, 3.05) is 4.90 Å². The van der Waals surface area contributed by atoms with Crippen molar-refractivity contribution in [3.05, 3.63) is 71.3 Å². The van der Waals surface area contributed by atoms with E-state index in [2.05, 4.69) is 19.7 Å². The van der Waals surface area contributed by atoms with Crippen molar-refractivity contribution in [1.29, 1.82) is 0 Å². The number of alkyl halides is 3. The molecular weight excluding hydrogens is 434 g/mol. The molecule has 7 heteroatoms. The highest BCUT2D eigenvalue weighted by molar-refractivity contribution is 8.00. The maximum atomic E-state index is 14.7. The second kappa shape index (κ2) is 12.3. The van der Waals surface area contributed by atoms with Crippen LogP contribution >= 0.6 is 23.4 Å². The molecule has 1 aromatic rings. The number of hydrogen-bond donors (Lipinski definition) is 0. The highest BCUT2D eigenvalue weighted by atomic mass is 35.5. The van der Waals surface area contributed by atoms with Crippen LogP contribution in [0.4, 0.5) is 23.2 Å². The summed E-state index contributed by atoms with van der Waals surface area (Å²) in [4.78, 5) is 1.84. The average Bonchev–Trinajstić information content (AvgIpc) is 2.63. The van der Waals surface area contributed by atoms with Gasteiger partial charge in [-0.25, -0.2) is 4.39 Å². The number of hydrogen-bond acceptors (Lipinski definition) is 2. The summed E-state index contributed by atoms with van der Waals surface area (Å²) < 4.78 is 53.3. The van der Waals surface area contributed by atoms with Gasteiger partial charge in [0.2, 0.25) is 0 Å². The van der Waals surface area contributed by atoms with E-state index >= 15 is 0 Å². The summed E-state index contributed by atoms with van der Waals surface area (Å²) in [7, 11) is 0. The number of anilines is 1. The Kier molecular flexibility index (Phi) is 11.6. The quantitative estimate of drug-likeness (QED) is 0.163. The summed E-state index contributed by atoms with van der Waals surface area (Å²) in [6.07, 6.45) is -2.84. The minimum Gasteiger partial charge on any atom is -0.313 e. The first kappa shape index (κ1) is 28.3. The Bertz CT molecular complexity index is 812. The largest absolute Gasteiger partial charge is 0.412 e. The van der Waals surface area contributed by atoms with E-state index in [-0.39, 0.29) is 21.7 Å². The smallest absolute Gasteiger partial charge is 0.313 e. The lowest BCUT2D eigenvalue weighted by molar-refractivity contribution is -0.0913. The summed E-state index contributed by atoms with van der Waals surface area (Å²) in [5.41, 5.74) is 0.402. The Morgan fingerprint density at radius 2 is 1.70 bits per heavy atom. The molecule has 0 amide bonds. The lowest BCUT2D eigenvalue weighted by Crippen LogP contribution is -2.21. The van der Waals surface area contributed by atoms with E-state index < -0.39 is 17.6 Å². The van der Waals surface area contributed by atoms with Crippen molar-refractivity contribution in [2.24, 2.45) is 0 Å². The van der Waals surface area contributed by atoms with Gasteiger partial charge in [0.15, 0.2) is 0 Å². The van der Waals surface area contributed by atoms with Gasteiger partial charge >= 0.3 is 6.18 Å².